The maximum Gasteiger partial charge on any atom is 0.239 e. The molecule has 0 saturated heterocycles. The first-order chi connectivity index (χ1) is 27.7. The van der Waals surface area contributed by atoms with Crippen molar-refractivity contribution in [2.45, 2.75) is 74.7 Å². The van der Waals surface area contributed by atoms with E-state index in [0.717, 1.165) is 22.3 Å². The molecule has 6 aromatic rings. The molecule has 0 unspecified atom stereocenters. The summed E-state index contributed by atoms with van der Waals surface area (Å²) in [6.07, 6.45) is 2.58. The fraction of sp³-hybridized carbons (Fsp3) is 0.255. The predicted molar refractivity (Wildman–Crippen MR) is 226 cm³/mol. The van der Waals surface area contributed by atoms with E-state index in [1.807, 2.05) is 182 Å². The van der Waals surface area contributed by atoms with Crippen molar-refractivity contribution in [1.82, 2.24) is 4.90 Å². The average Bonchev–Trinajstić information content (AvgIpc) is 3.74. The zero-order valence-electron chi connectivity index (χ0n) is 32.4. The SMILES string of the molecule is NC(=O)C1(C(=O)N([C@H](c2ccccc2)C(O)(Cc2ccccc2)Cc2ccccc2)[C@H](c2ccccc2)C(O)(Cc2ccccc2)Cc2ccccc2)CCCC1. The van der Waals surface area contributed by atoms with Crippen LogP contribution in [0.3, 0.4) is 0 Å². The van der Waals surface area contributed by atoms with Gasteiger partial charge in [-0.15, -0.1) is 0 Å². The second kappa shape index (κ2) is 17.5. The third-order valence-corrected chi connectivity index (χ3v) is 11.8. The smallest absolute Gasteiger partial charge is 0.239 e. The molecule has 0 radical (unpaired) electrons. The minimum Gasteiger partial charge on any atom is -0.387 e. The molecule has 1 fully saturated rings. The summed E-state index contributed by atoms with van der Waals surface area (Å²) in [5.74, 6) is -1.16. The standard InChI is InChI=1S/C51H52N2O4/c52-47(54)49(33-19-20-34-49)48(55)53(45(43-29-15-5-16-30-43)50(56,35-39-21-7-1-8-22-39)36-40-23-9-2-10-24-40)46(44-31-17-6-18-32-44)51(57,37-41-25-11-3-12-26-41)38-42-27-13-4-14-28-42/h1-18,21-32,45-46,56-57H,19-20,33-38H2,(H2,52,54)/t45-,46-/m1/s1. The van der Waals surface area contributed by atoms with Crippen LogP contribution in [-0.2, 0) is 35.3 Å². The molecule has 0 aromatic heterocycles. The lowest BCUT2D eigenvalue weighted by molar-refractivity contribution is -0.172. The van der Waals surface area contributed by atoms with Crippen molar-refractivity contribution in [2.24, 2.45) is 11.1 Å². The second-order valence-electron chi connectivity index (χ2n) is 15.8. The Labute approximate surface area is 336 Å². The maximum absolute atomic E-state index is 16.2. The number of nitrogens with zero attached hydrogens (tertiary/aromatic N) is 1. The Morgan fingerprint density at radius 3 is 1.02 bits per heavy atom. The van der Waals surface area contributed by atoms with Crippen molar-refractivity contribution in [3.05, 3.63) is 215 Å². The lowest BCUT2D eigenvalue weighted by Crippen LogP contribution is -2.62. The topological polar surface area (TPSA) is 104 Å². The quantitative estimate of drug-likeness (QED) is 0.0860. The number of nitrogens with two attached hydrogens (primary N) is 1. The zero-order chi connectivity index (χ0) is 39.7. The lowest BCUT2D eigenvalue weighted by Gasteiger charge is -2.53. The minimum atomic E-state index is -1.66. The Morgan fingerprint density at radius 2 is 0.754 bits per heavy atom. The molecule has 6 nitrogen and oxygen atoms in total. The molecule has 2 amide bonds. The van der Waals surface area contributed by atoms with Crippen molar-refractivity contribution in [3.8, 4) is 0 Å². The highest BCUT2D eigenvalue weighted by atomic mass is 16.3. The molecule has 0 aliphatic heterocycles. The summed E-state index contributed by atoms with van der Waals surface area (Å²) in [4.78, 5) is 31.9. The van der Waals surface area contributed by atoms with Crippen molar-refractivity contribution in [2.75, 3.05) is 0 Å². The van der Waals surface area contributed by atoms with Crippen molar-refractivity contribution in [1.29, 1.82) is 0 Å². The molecule has 6 heteroatoms. The molecule has 4 N–H and O–H groups in total. The Hall–Kier alpha value is -5.82. The summed E-state index contributed by atoms with van der Waals surface area (Å²) in [6.45, 7) is 0. The highest BCUT2D eigenvalue weighted by molar-refractivity contribution is 6.05. The van der Waals surface area contributed by atoms with Gasteiger partial charge in [0.15, 0.2) is 0 Å². The van der Waals surface area contributed by atoms with E-state index in [0.29, 0.717) is 24.0 Å². The summed E-state index contributed by atoms with van der Waals surface area (Å²) < 4.78 is 0. The number of primary amides is 1. The van der Waals surface area contributed by atoms with Crippen molar-refractivity contribution >= 4 is 11.8 Å². The van der Waals surface area contributed by atoms with E-state index in [2.05, 4.69) is 0 Å². The molecule has 6 aromatic carbocycles. The van der Waals surface area contributed by atoms with Gasteiger partial charge in [-0.25, -0.2) is 0 Å². The molecule has 57 heavy (non-hydrogen) atoms. The molecule has 0 heterocycles. The number of rotatable bonds is 16. The Balaban J connectivity index is 1.56. The maximum atomic E-state index is 16.2. The predicted octanol–water partition coefficient (Wildman–Crippen LogP) is 8.78. The highest BCUT2D eigenvalue weighted by Crippen LogP contribution is 2.51. The zero-order valence-corrected chi connectivity index (χ0v) is 32.4. The number of hydrogen-bond acceptors (Lipinski definition) is 4. The van der Waals surface area contributed by atoms with Crippen LogP contribution in [0.5, 0.6) is 0 Å². The van der Waals surface area contributed by atoms with Gasteiger partial charge >= 0.3 is 0 Å². The minimum absolute atomic E-state index is 0.174. The molecule has 1 aliphatic rings. The number of benzene rings is 6. The van der Waals surface area contributed by atoms with Gasteiger partial charge in [-0.05, 0) is 46.2 Å². The number of carbonyl (C=O) groups is 2. The van der Waals surface area contributed by atoms with E-state index in [9.17, 15) is 15.0 Å². The van der Waals surface area contributed by atoms with E-state index in [1.165, 1.54) is 0 Å². The van der Waals surface area contributed by atoms with Gasteiger partial charge in [0.1, 0.15) is 5.41 Å². The number of carbonyl (C=O) groups excluding carboxylic acids is 2. The number of aliphatic hydroxyl groups is 2. The van der Waals surface area contributed by atoms with Crippen LogP contribution < -0.4 is 5.73 Å². The first-order valence-electron chi connectivity index (χ1n) is 20.0. The summed E-state index contributed by atoms with van der Waals surface area (Å²) in [7, 11) is 0. The van der Waals surface area contributed by atoms with E-state index < -0.39 is 40.5 Å². The summed E-state index contributed by atoms with van der Waals surface area (Å²) in [5, 5.41) is 27.7. The molecule has 0 bridgehead atoms. The van der Waals surface area contributed by atoms with Gasteiger partial charge < -0.3 is 20.8 Å². The lowest BCUT2D eigenvalue weighted by atomic mass is 9.71. The Morgan fingerprint density at radius 1 is 0.491 bits per heavy atom. The molecule has 290 valence electrons. The third kappa shape index (κ3) is 8.78. The van der Waals surface area contributed by atoms with Crippen LogP contribution in [0.25, 0.3) is 0 Å². The fourth-order valence-electron chi connectivity index (χ4n) is 9.21. The summed E-state index contributed by atoms with van der Waals surface area (Å²) in [5.41, 5.74) is 6.38. The van der Waals surface area contributed by atoms with Crippen molar-refractivity contribution in [3.63, 3.8) is 0 Å². The molecule has 2 atom stereocenters. The van der Waals surface area contributed by atoms with E-state index in [-0.39, 0.29) is 38.5 Å². The van der Waals surface area contributed by atoms with E-state index in [4.69, 9.17) is 5.73 Å². The molecular weight excluding hydrogens is 705 g/mol. The molecule has 1 saturated carbocycles. The summed E-state index contributed by atoms with van der Waals surface area (Å²) >= 11 is 0. The van der Waals surface area contributed by atoms with Crippen LogP contribution in [0.15, 0.2) is 182 Å². The third-order valence-electron chi connectivity index (χ3n) is 11.8. The molecular formula is C51H52N2O4. The average molecular weight is 757 g/mol. The second-order valence-corrected chi connectivity index (χ2v) is 15.8. The molecule has 7 rings (SSSR count). The summed E-state index contributed by atoms with van der Waals surface area (Å²) in [6, 6.07) is 56.4. The van der Waals surface area contributed by atoms with Crippen LogP contribution in [0.4, 0.5) is 0 Å². The van der Waals surface area contributed by atoms with Gasteiger partial charge in [-0.3, -0.25) is 9.59 Å². The van der Waals surface area contributed by atoms with E-state index in [1.54, 1.807) is 4.90 Å². The molecule has 0 spiro atoms. The molecule has 1 aliphatic carbocycles. The Kier molecular flexibility index (Phi) is 12.1. The monoisotopic (exact) mass is 756 g/mol. The van der Waals surface area contributed by atoms with Gasteiger partial charge in [0.05, 0.1) is 23.3 Å². The van der Waals surface area contributed by atoms with Crippen molar-refractivity contribution < 1.29 is 19.8 Å². The number of amides is 2. The van der Waals surface area contributed by atoms with Crippen LogP contribution in [0.1, 0.15) is 71.1 Å². The van der Waals surface area contributed by atoms with Crippen LogP contribution in [-0.4, -0.2) is 38.1 Å². The fourth-order valence-corrected chi connectivity index (χ4v) is 9.21. The Bertz CT molecular complexity index is 1960. The van der Waals surface area contributed by atoms with Gasteiger partial charge in [-0.1, -0.05) is 195 Å². The van der Waals surface area contributed by atoms with Gasteiger partial charge in [0, 0.05) is 25.7 Å². The van der Waals surface area contributed by atoms with E-state index >= 15 is 4.79 Å². The first kappa shape index (κ1) is 39.4. The first-order valence-corrected chi connectivity index (χ1v) is 20.0. The normalized spacial score (nSPS) is 15.1. The number of hydrogen-bond donors (Lipinski definition) is 3. The van der Waals surface area contributed by atoms with Crippen LogP contribution in [0, 0.1) is 5.41 Å². The highest BCUT2D eigenvalue weighted by Gasteiger charge is 2.58. The van der Waals surface area contributed by atoms with Gasteiger partial charge in [0.2, 0.25) is 11.8 Å². The van der Waals surface area contributed by atoms with Crippen LogP contribution >= 0.6 is 0 Å². The largest absolute Gasteiger partial charge is 0.387 e. The van der Waals surface area contributed by atoms with Crippen LogP contribution in [0.2, 0.25) is 0 Å². The van der Waals surface area contributed by atoms with Gasteiger partial charge in [0.25, 0.3) is 0 Å². The van der Waals surface area contributed by atoms with Gasteiger partial charge in [-0.2, -0.15) is 0 Å².